The number of hydrogen-bond donors (Lipinski definition) is 2. The molecule has 7 atom stereocenters. The number of aromatic nitrogens is 1. The molecule has 1 aromatic heterocycles. The average Bonchev–Trinajstić information content (AvgIpc) is 3.60. The number of phenolic OH excluding ortho intramolecular Hbond substituents is 1. The van der Waals surface area contributed by atoms with Crippen molar-refractivity contribution in [1.82, 2.24) is 4.98 Å². The molecule has 6 unspecified atom stereocenters. The molecule has 184 valence electrons. The Bertz CT molecular complexity index is 1450. The van der Waals surface area contributed by atoms with Crippen molar-refractivity contribution in [3.63, 3.8) is 0 Å². The number of para-hydroxylation sites is 1. The Morgan fingerprint density at radius 1 is 1.06 bits per heavy atom. The number of ether oxygens (including phenoxy) is 1. The highest BCUT2D eigenvalue weighted by molar-refractivity contribution is 8.00. The number of amides is 2. The number of rotatable bonds is 4. The van der Waals surface area contributed by atoms with E-state index < -0.39 is 0 Å². The number of hydrogen-bond acceptors (Lipinski definition) is 7. The SMILES string of the molecule is CCOc1cc([C@H]2c3sc(=O)[nH]c3SC3C4CC(C5C(=O)N(c6ccccc6)C(=O)C45)C32)ccc1O. The molecular weight excluding hydrogens is 496 g/mol. The van der Waals surface area contributed by atoms with E-state index in [9.17, 15) is 19.5 Å². The lowest BCUT2D eigenvalue weighted by Gasteiger charge is -2.43. The number of imide groups is 1. The summed E-state index contributed by atoms with van der Waals surface area (Å²) in [6.07, 6.45) is 0.837. The molecule has 2 amide bonds. The van der Waals surface area contributed by atoms with Gasteiger partial charge < -0.3 is 14.8 Å². The van der Waals surface area contributed by atoms with Crippen molar-refractivity contribution < 1.29 is 19.4 Å². The topological polar surface area (TPSA) is 99.7 Å². The molecule has 7 rings (SSSR count). The van der Waals surface area contributed by atoms with Crippen LogP contribution < -0.4 is 14.5 Å². The number of nitrogens with zero attached hydrogens (tertiary/aromatic N) is 1. The second-order valence-corrected chi connectivity index (χ2v) is 12.2. The normalized spacial score (nSPS) is 31.9. The number of aromatic amines is 1. The number of fused-ring (bicyclic) bond motifs is 9. The Hall–Kier alpha value is -3.04. The van der Waals surface area contributed by atoms with Gasteiger partial charge in [-0.1, -0.05) is 35.6 Å². The molecule has 2 saturated carbocycles. The molecule has 0 spiro atoms. The predicted octanol–water partition coefficient (Wildman–Crippen LogP) is 4.22. The Morgan fingerprint density at radius 3 is 2.56 bits per heavy atom. The van der Waals surface area contributed by atoms with E-state index in [0.29, 0.717) is 18.0 Å². The zero-order chi connectivity index (χ0) is 24.7. The number of thioether (sulfide) groups is 1. The zero-order valence-electron chi connectivity index (χ0n) is 19.4. The van der Waals surface area contributed by atoms with Gasteiger partial charge in [0.15, 0.2) is 11.5 Å². The number of thiazole rings is 1. The summed E-state index contributed by atoms with van der Waals surface area (Å²) in [4.78, 5) is 45.1. The first-order valence-electron chi connectivity index (χ1n) is 12.3. The lowest BCUT2D eigenvalue weighted by Crippen LogP contribution is -2.42. The summed E-state index contributed by atoms with van der Waals surface area (Å²) in [5.74, 6) is -0.246. The van der Waals surface area contributed by atoms with Gasteiger partial charge in [-0.15, -0.1) is 11.8 Å². The first kappa shape index (κ1) is 22.2. The van der Waals surface area contributed by atoms with Gasteiger partial charge in [0.2, 0.25) is 11.8 Å². The summed E-state index contributed by atoms with van der Waals surface area (Å²) >= 11 is 2.89. The average molecular weight is 521 g/mol. The van der Waals surface area contributed by atoms with Crippen LogP contribution in [0.5, 0.6) is 11.5 Å². The van der Waals surface area contributed by atoms with Crippen LogP contribution in [0.2, 0.25) is 0 Å². The molecule has 3 fully saturated rings. The maximum atomic E-state index is 13.7. The molecule has 3 aromatic rings. The minimum atomic E-state index is -0.340. The first-order chi connectivity index (χ1) is 17.5. The van der Waals surface area contributed by atoms with E-state index >= 15 is 0 Å². The first-order valence-corrected chi connectivity index (χ1v) is 14.0. The van der Waals surface area contributed by atoms with E-state index in [-0.39, 0.29) is 63.2 Å². The number of carbonyl (C=O) groups excluding carboxylic acids is 2. The van der Waals surface area contributed by atoms with E-state index in [2.05, 4.69) is 4.98 Å². The van der Waals surface area contributed by atoms with E-state index in [1.165, 1.54) is 16.2 Å². The number of carbonyl (C=O) groups is 2. The molecule has 0 radical (unpaired) electrons. The third-order valence-electron chi connectivity index (χ3n) is 8.38. The molecular formula is C27H24N2O5S2. The van der Waals surface area contributed by atoms with Crippen LogP contribution in [0.15, 0.2) is 58.4 Å². The van der Waals surface area contributed by atoms with Crippen molar-refractivity contribution in [3.05, 3.63) is 68.6 Å². The monoisotopic (exact) mass is 520 g/mol. The highest BCUT2D eigenvalue weighted by Crippen LogP contribution is 2.68. The Morgan fingerprint density at radius 2 is 1.81 bits per heavy atom. The molecule has 7 nitrogen and oxygen atoms in total. The minimum absolute atomic E-state index is 0.0439. The van der Waals surface area contributed by atoms with Gasteiger partial charge >= 0.3 is 4.87 Å². The summed E-state index contributed by atoms with van der Waals surface area (Å²) in [5, 5.41) is 11.3. The second kappa shape index (κ2) is 7.98. The Kier molecular flexibility index (Phi) is 4.92. The van der Waals surface area contributed by atoms with Crippen LogP contribution in [0.1, 0.15) is 29.7 Å². The van der Waals surface area contributed by atoms with Crippen LogP contribution >= 0.6 is 23.1 Å². The molecule has 36 heavy (non-hydrogen) atoms. The Labute approximate surface area is 215 Å². The maximum Gasteiger partial charge on any atom is 0.305 e. The molecule has 3 heterocycles. The fourth-order valence-corrected chi connectivity index (χ4v) is 10.1. The maximum absolute atomic E-state index is 13.7. The van der Waals surface area contributed by atoms with Gasteiger partial charge in [-0.05, 0) is 60.9 Å². The van der Waals surface area contributed by atoms with E-state index in [1.807, 2.05) is 49.4 Å². The van der Waals surface area contributed by atoms with Crippen molar-refractivity contribution in [1.29, 1.82) is 0 Å². The van der Waals surface area contributed by atoms with E-state index in [0.717, 1.165) is 21.9 Å². The fourth-order valence-electron chi connectivity index (χ4n) is 7.22. The van der Waals surface area contributed by atoms with Gasteiger partial charge in [-0.25, -0.2) is 0 Å². The van der Waals surface area contributed by atoms with Gasteiger partial charge in [0, 0.05) is 16.0 Å². The highest BCUT2D eigenvalue weighted by atomic mass is 32.2. The summed E-state index contributed by atoms with van der Waals surface area (Å²) in [6.45, 7) is 2.29. The summed E-state index contributed by atoms with van der Waals surface area (Å²) in [5.41, 5.74) is 1.60. The zero-order valence-corrected chi connectivity index (χ0v) is 21.1. The van der Waals surface area contributed by atoms with Crippen molar-refractivity contribution in [2.45, 2.75) is 29.5 Å². The third kappa shape index (κ3) is 2.96. The predicted molar refractivity (Wildman–Crippen MR) is 137 cm³/mol. The van der Waals surface area contributed by atoms with Crippen LogP contribution in [0.4, 0.5) is 5.69 Å². The fraction of sp³-hybridized carbons (Fsp3) is 0.370. The smallest absolute Gasteiger partial charge is 0.305 e. The van der Waals surface area contributed by atoms with Crippen LogP contribution in [0, 0.1) is 29.6 Å². The lowest BCUT2D eigenvalue weighted by atomic mass is 9.68. The van der Waals surface area contributed by atoms with Gasteiger partial charge in [-0.2, -0.15) is 0 Å². The lowest BCUT2D eigenvalue weighted by molar-refractivity contribution is -0.123. The molecule has 2 aliphatic heterocycles. The molecule has 1 saturated heterocycles. The molecule has 2 bridgehead atoms. The van der Waals surface area contributed by atoms with Crippen molar-refractivity contribution in [3.8, 4) is 11.5 Å². The van der Waals surface area contributed by atoms with Crippen molar-refractivity contribution in [2.75, 3.05) is 11.5 Å². The Balaban J connectivity index is 1.33. The van der Waals surface area contributed by atoms with Gasteiger partial charge in [-0.3, -0.25) is 19.3 Å². The highest BCUT2D eigenvalue weighted by Gasteiger charge is 2.69. The minimum Gasteiger partial charge on any atom is -0.504 e. The number of nitrogens with one attached hydrogen (secondary N) is 1. The number of phenols is 1. The van der Waals surface area contributed by atoms with Crippen LogP contribution in [0.3, 0.4) is 0 Å². The van der Waals surface area contributed by atoms with Crippen LogP contribution in [-0.2, 0) is 9.59 Å². The summed E-state index contributed by atoms with van der Waals surface area (Å²) in [7, 11) is 0. The molecule has 2 aliphatic carbocycles. The largest absolute Gasteiger partial charge is 0.504 e. The van der Waals surface area contributed by atoms with Crippen LogP contribution in [0.25, 0.3) is 0 Å². The van der Waals surface area contributed by atoms with E-state index in [1.54, 1.807) is 17.8 Å². The van der Waals surface area contributed by atoms with Crippen LogP contribution in [-0.4, -0.2) is 33.8 Å². The summed E-state index contributed by atoms with van der Waals surface area (Å²) in [6, 6.07) is 14.6. The van der Waals surface area contributed by atoms with E-state index in [4.69, 9.17) is 4.74 Å². The second-order valence-electron chi connectivity index (χ2n) is 9.97. The number of benzene rings is 2. The number of anilines is 1. The third-order valence-corrected chi connectivity index (χ3v) is 11.0. The number of aromatic hydroxyl groups is 1. The number of H-pyrrole nitrogens is 1. The molecule has 2 aromatic carbocycles. The van der Waals surface area contributed by atoms with Gasteiger partial charge in [0.1, 0.15) is 0 Å². The molecule has 9 heteroatoms. The molecule has 2 N–H and O–H groups in total. The summed E-state index contributed by atoms with van der Waals surface area (Å²) < 4.78 is 5.67. The van der Waals surface area contributed by atoms with Gasteiger partial charge in [0.25, 0.3) is 0 Å². The molecule has 4 aliphatic rings. The van der Waals surface area contributed by atoms with Crippen molar-refractivity contribution >= 4 is 40.6 Å². The quantitative estimate of drug-likeness (QED) is 0.500. The van der Waals surface area contributed by atoms with Gasteiger partial charge in [0.05, 0.1) is 29.2 Å². The van der Waals surface area contributed by atoms with Crippen molar-refractivity contribution in [2.24, 2.45) is 29.6 Å². The standard InChI is InChI=1S/C27H24N2O5S2/c1-2-34-17-10-12(8-9-16(17)30)18-19-14-11-15(22(19)35-24-23(18)36-27(33)28-24)21-20(14)25(31)29(26(21)32)13-6-4-3-5-7-13/h3-10,14-15,18-22,30H,2,11H2,1H3,(H,28,33)/t14?,15?,18-,19?,20?,21?,22?/m1/s1.